The lowest BCUT2D eigenvalue weighted by molar-refractivity contribution is 0.810. The second kappa shape index (κ2) is 7.06. The lowest BCUT2D eigenvalue weighted by Gasteiger charge is -2.20. The Morgan fingerprint density at radius 1 is 1.15 bits per heavy atom. The first-order valence-electron chi connectivity index (χ1n) is 7.05. The molecule has 3 heteroatoms. The van der Waals surface area contributed by atoms with Crippen molar-refractivity contribution in [3.05, 3.63) is 59.4 Å². The summed E-state index contributed by atoms with van der Waals surface area (Å²) in [5.74, 6) is 0. The van der Waals surface area contributed by atoms with E-state index in [2.05, 4.69) is 59.5 Å². The number of nitrogens with one attached hydrogen (secondary N) is 1. The molecule has 1 aromatic carbocycles. The van der Waals surface area contributed by atoms with Crippen LogP contribution in [0.2, 0.25) is 0 Å². The van der Waals surface area contributed by atoms with E-state index in [1.807, 2.05) is 19.4 Å². The molecule has 1 N–H and O–H groups in total. The normalized spacial score (nSPS) is 10.6. The molecule has 0 radical (unpaired) electrons. The van der Waals surface area contributed by atoms with Gasteiger partial charge in [-0.05, 0) is 61.3 Å². The van der Waals surface area contributed by atoms with Crippen molar-refractivity contribution >= 4 is 5.69 Å². The molecule has 0 fully saturated rings. The molecule has 20 heavy (non-hydrogen) atoms. The van der Waals surface area contributed by atoms with Crippen LogP contribution in [-0.2, 0) is 13.0 Å². The smallest absolute Gasteiger partial charge is 0.0366 e. The van der Waals surface area contributed by atoms with E-state index in [9.17, 15) is 0 Å². The molecule has 0 aliphatic carbocycles. The van der Waals surface area contributed by atoms with Crippen molar-refractivity contribution in [2.24, 2.45) is 0 Å². The van der Waals surface area contributed by atoms with Crippen LogP contribution in [0.25, 0.3) is 0 Å². The molecule has 0 amide bonds. The maximum atomic E-state index is 4.05. The number of aromatic nitrogens is 1. The minimum Gasteiger partial charge on any atom is -0.374 e. The molecule has 0 spiro atoms. The number of pyridine rings is 1. The Kier molecular flexibility index (Phi) is 5.13. The van der Waals surface area contributed by atoms with Gasteiger partial charge >= 0.3 is 0 Å². The Bertz CT molecular complexity index is 537. The second-order valence-corrected chi connectivity index (χ2v) is 5.17. The van der Waals surface area contributed by atoms with Crippen LogP contribution in [0.1, 0.15) is 16.7 Å². The molecule has 0 unspecified atom stereocenters. The molecule has 2 rings (SSSR count). The quantitative estimate of drug-likeness (QED) is 0.874. The zero-order valence-corrected chi connectivity index (χ0v) is 12.6. The van der Waals surface area contributed by atoms with Gasteiger partial charge in [0.05, 0.1) is 0 Å². The molecule has 1 aromatic heterocycles. The average Bonchev–Trinajstić information content (AvgIpc) is 2.48. The van der Waals surface area contributed by atoms with Gasteiger partial charge in [0.15, 0.2) is 0 Å². The molecule has 106 valence electrons. The van der Waals surface area contributed by atoms with Crippen LogP contribution < -0.4 is 10.2 Å². The topological polar surface area (TPSA) is 28.2 Å². The minimum atomic E-state index is 0.923. The number of hydrogen-bond donors (Lipinski definition) is 1. The standard InChI is InChI=1S/C17H23N3/c1-14-12-17(5-4-16(14)13-18-2)20(3)11-8-15-6-9-19-10-7-15/h4-7,9-10,12,18H,8,11,13H2,1-3H3. The third kappa shape index (κ3) is 3.81. The van der Waals surface area contributed by atoms with Crippen molar-refractivity contribution < 1.29 is 0 Å². The lowest BCUT2D eigenvalue weighted by Crippen LogP contribution is -2.20. The van der Waals surface area contributed by atoms with Gasteiger partial charge in [-0.2, -0.15) is 0 Å². The first-order chi connectivity index (χ1) is 9.70. The van der Waals surface area contributed by atoms with Gasteiger partial charge in [0.25, 0.3) is 0 Å². The first-order valence-corrected chi connectivity index (χ1v) is 7.05. The van der Waals surface area contributed by atoms with Crippen molar-refractivity contribution in [1.29, 1.82) is 0 Å². The summed E-state index contributed by atoms with van der Waals surface area (Å²) in [6, 6.07) is 10.8. The minimum absolute atomic E-state index is 0.923. The van der Waals surface area contributed by atoms with Crippen LogP contribution in [0.5, 0.6) is 0 Å². The van der Waals surface area contributed by atoms with E-state index in [1.165, 1.54) is 22.4 Å². The molecular formula is C17H23N3. The molecule has 0 atom stereocenters. The Morgan fingerprint density at radius 3 is 2.55 bits per heavy atom. The average molecular weight is 269 g/mol. The highest BCUT2D eigenvalue weighted by atomic mass is 15.1. The third-order valence-corrected chi connectivity index (χ3v) is 3.62. The Balaban J connectivity index is 1.98. The number of aryl methyl sites for hydroxylation is 1. The van der Waals surface area contributed by atoms with Crippen molar-refractivity contribution in [3.63, 3.8) is 0 Å². The molecule has 0 aliphatic rings. The lowest BCUT2D eigenvalue weighted by atomic mass is 10.1. The van der Waals surface area contributed by atoms with E-state index in [-0.39, 0.29) is 0 Å². The largest absolute Gasteiger partial charge is 0.374 e. The summed E-state index contributed by atoms with van der Waals surface area (Å²) in [7, 11) is 4.13. The van der Waals surface area contributed by atoms with E-state index in [0.29, 0.717) is 0 Å². The number of likely N-dealkylation sites (N-methyl/N-ethyl adjacent to an activating group) is 1. The predicted molar refractivity (Wildman–Crippen MR) is 85.2 cm³/mol. The van der Waals surface area contributed by atoms with Gasteiger partial charge in [0.2, 0.25) is 0 Å². The van der Waals surface area contributed by atoms with E-state index in [1.54, 1.807) is 0 Å². The van der Waals surface area contributed by atoms with Gasteiger partial charge in [0.1, 0.15) is 0 Å². The van der Waals surface area contributed by atoms with Crippen LogP contribution >= 0.6 is 0 Å². The zero-order chi connectivity index (χ0) is 14.4. The predicted octanol–water partition coefficient (Wildman–Crippen LogP) is 2.79. The summed E-state index contributed by atoms with van der Waals surface area (Å²) in [5, 5.41) is 3.20. The number of hydrogen-bond acceptors (Lipinski definition) is 3. The fraction of sp³-hybridized carbons (Fsp3) is 0.353. The second-order valence-electron chi connectivity index (χ2n) is 5.17. The highest BCUT2D eigenvalue weighted by molar-refractivity contribution is 5.50. The fourth-order valence-corrected chi connectivity index (χ4v) is 2.28. The van der Waals surface area contributed by atoms with Crippen LogP contribution in [0.15, 0.2) is 42.7 Å². The van der Waals surface area contributed by atoms with Gasteiger partial charge in [-0.15, -0.1) is 0 Å². The maximum absolute atomic E-state index is 4.05. The Hall–Kier alpha value is -1.87. The van der Waals surface area contributed by atoms with Gasteiger partial charge in [-0.3, -0.25) is 4.98 Å². The van der Waals surface area contributed by atoms with Crippen molar-refractivity contribution in [2.45, 2.75) is 19.9 Å². The molecular weight excluding hydrogens is 246 g/mol. The van der Waals surface area contributed by atoms with E-state index in [4.69, 9.17) is 0 Å². The van der Waals surface area contributed by atoms with Gasteiger partial charge < -0.3 is 10.2 Å². The summed E-state index contributed by atoms with van der Waals surface area (Å²) in [5.41, 5.74) is 5.30. The third-order valence-electron chi connectivity index (χ3n) is 3.62. The van der Waals surface area contributed by atoms with Gasteiger partial charge in [0, 0.05) is 38.2 Å². The molecule has 0 bridgehead atoms. The van der Waals surface area contributed by atoms with E-state index >= 15 is 0 Å². The number of anilines is 1. The van der Waals surface area contributed by atoms with Crippen LogP contribution in [0.3, 0.4) is 0 Å². The van der Waals surface area contributed by atoms with Crippen LogP contribution in [0.4, 0.5) is 5.69 Å². The van der Waals surface area contributed by atoms with E-state index < -0.39 is 0 Å². The van der Waals surface area contributed by atoms with Crippen LogP contribution in [-0.4, -0.2) is 25.6 Å². The molecule has 3 nitrogen and oxygen atoms in total. The molecule has 1 heterocycles. The first kappa shape index (κ1) is 14.5. The molecule has 2 aromatic rings. The highest BCUT2D eigenvalue weighted by Gasteiger charge is 2.04. The molecule has 0 aliphatic heterocycles. The Labute approximate surface area is 121 Å². The summed E-state index contributed by atoms with van der Waals surface area (Å²) >= 11 is 0. The Morgan fingerprint density at radius 2 is 1.90 bits per heavy atom. The van der Waals surface area contributed by atoms with Crippen molar-refractivity contribution in [1.82, 2.24) is 10.3 Å². The van der Waals surface area contributed by atoms with Crippen LogP contribution in [0, 0.1) is 6.92 Å². The summed E-state index contributed by atoms with van der Waals surface area (Å²) in [4.78, 5) is 6.35. The maximum Gasteiger partial charge on any atom is 0.0366 e. The molecule has 0 saturated heterocycles. The fourth-order valence-electron chi connectivity index (χ4n) is 2.28. The van der Waals surface area contributed by atoms with Gasteiger partial charge in [-0.25, -0.2) is 0 Å². The van der Waals surface area contributed by atoms with Crippen molar-refractivity contribution in [3.8, 4) is 0 Å². The number of rotatable bonds is 6. The van der Waals surface area contributed by atoms with Gasteiger partial charge in [-0.1, -0.05) is 6.07 Å². The van der Waals surface area contributed by atoms with E-state index in [0.717, 1.165) is 19.5 Å². The number of benzene rings is 1. The number of nitrogens with zero attached hydrogens (tertiary/aromatic N) is 2. The SMILES string of the molecule is CNCc1ccc(N(C)CCc2ccncc2)cc1C. The zero-order valence-electron chi connectivity index (χ0n) is 12.6. The monoisotopic (exact) mass is 269 g/mol. The highest BCUT2D eigenvalue weighted by Crippen LogP contribution is 2.18. The van der Waals surface area contributed by atoms with Crippen molar-refractivity contribution in [2.75, 3.05) is 25.5 Å². The summed E-state index contributed by atoms with van der Waals surface area (Å²) in [6.07, 6.45) is 4.74. The summed E-state index contributed by atoms with van der Waals surface area (Å²) < 4.78 is 0. The molecule has 0 saturated carbocycles. The summed E-state index contributed by atoms with van der Waals surface area (Å²) in [6.45, 7) is 4.11.